The third-order valence-electron chi connectivity index (χ3n) is 3.18. The summed E-state index contributed by atoms with van der Waals surface area (Å²) in [5, 5.41) is 14.2. The molecule has 0 aromatic carbocycles. The Hall–Kier alpha value is -3.14. The van der Waals surface area contributed by atoms with Crippen molar-refractivity contribution in [3.8, 4) is 11.5 Å². The summed E-state index contributed by atoms with van der Waals surface area (Å²) in [6, 6.07) is 4.91. The molecule has 3 rings (SSSR count). The number of hydrogen-bond donors (Lipinski definition) is 2. The second kappa shape index (κ2) is 6.96. The minimum absolute atomic E-state index is 0.194. The fourth-order valence-electron chi connectivity index (χ4n) is 1.99. The van der Waals surface area contributed by atoms with Gasteiger partial charge in [0.1, 0.15) is 11.7 Å². The number of nitrogens with zero attached hydrogens (tertiary/aromatic N) is 6. The molecule has 0 aliphatic carbocycles. The summed E-state index contributed by atoms with van der Waals surface area (Å²) in [6.45, 7) is 2.64. The Kier molecular flexibility index (Phi) is 4.57. The molecule has 0 aliphatic rings. The molecule has 1 amide bonds. The molecular weight excluding hydrogens is 312 g/mol. The molecule has 0 fully saturated rings. The van der Waals surface area contributed by atoms with Crippen molar-refractivity contribution in [3.63, 3.8) is 0 Å². The normalized spacial score (nSPS) is 12.1. The second-order valence-corrected chi connectivity index (χ2v) is 5.02. The van der Waals surface area contributed by atoms with Crippen molar-refractivity contribution in [2.24, 2.45) is 5.73 Å². The number of nitrogens with one attached hydrogen (secondary N) is 1. The molecule has 0 spiro atoms. The second-order valence-electron chi connectivity index (χ2n) is 5.02. The van der Waals surface area contributed by atoms with Crippen molar-refractivity contribution in [1.82, 2.24) is 35.4 Å². The number of nitrogens with two attached hydrogens (primary N) is 1. The van der Waals surface area contributed by atoms with Crippen LogP contribution >= 0.6 is 0 Å². The van der Waals surface area contributed by atoms with Crippen LogP contribution in [0.4, 0.5) is 0 Å². The molecule has 10 nitrogen and oxygen atoms in total. The maximum absolute atomic E-state index is 12.2. The van der Waals surface area contributed by atoms with Crippen LogP contribution in [0.25, 0.3) is 11.5 Å². The molecule has 1 unspecified atom stereocenters. The van der Waals surface area contributed by atoms with Gasteiger partial charge in [0.05, 0.1) is 12.7 Å². The SMILES string of the molecule is CC(NC(=O)c1cn(CCN)nn1)c1nc(-c2ccccn2)no1. The van der Waals surface area contributed by atoms with Gasteiger partial charge in [-0.15, -0.1) is 5.10 Å². The lowest BCUT2D eigenvalue weighted by atomic mass is 10.3. The van der Waals surface area contributed by atoms with Crippen LogP contribution in [-0.2, 0) is 6.54 Å². The van der Waals surface area contributed by atoms with Crippen LogP contribution in [0.15, 0.2) is 35.1 Å². The monoisotopic (exact) mass is 328 g/mol. The van der Waals surface area contributed by atoms with Crippen LogP contribution < -0.4 is 11.1 Å². The lowest BCUT2D eigenvalue weighted by molar-refractivity contribution is 0.0927. The average Bonchev–Trinajstić information content (AvgIpc) is 3.25. The van der Waals surface area contributed by atoms with Gasteiger partial charge < -0.3 is 15.6 Å². The van der Waals surface area contributed by atoms with E-state index in [9.17, 15) is 4.79 Å². The molecule has 10 heteroatoms. The van der Waals surface area contributed by atoms with Crippen LogP contribution in [0, 0.1) is 0 Å². The molecular formula is C14H16N8O2. The first-order valence-electron chi connectivity index (χ1n) is 7.33. The molecule has 0 saturated carbocycles. The summed E-state index contributed by atoms with van der Waals surface area (Å²) in [5.41, 5.74) is 6.22. The Labute approximate surface area is 137 Å². The van der Waals surface area contributed by atoms with Gasteiger partial charge in [0.2, 0.25) is 11.7 Å². The predicted molar refractivity (Wildman–Crippen MR) is 82.5 cm³/mol. The summed E-state index contributed by atoms with van der Waals surface area (Å²) in [4.78, 5) is 20.6. The number of aromatic nitrogens is 6. The van der Waals surface area contributed by atoms with Crippen LogP contribution in [0.1, 0.15) is 29.3 Å². The van der Waals surface area contributed by atoms with Gasteiger partial charge in [0.25, 0.3) is 5.91 Å². The van der Waals surface area contributed by atoms with E-state index >= 15 is 0 Å². The fourth-order valence-corrected chi connectivity index (χ4v) is 1.99. The first-order chi connectivity index (χ1) is 11.7. The van der Waals surface area contributed by atoms with Gasteiger partial charge in [0, 0.05) is 12.7 Å². The van der Waals surface area contributed by atoms with Crippen LogP contribution in [0.2, 0.25) is 0 Å². The van der Waals surface area contributed by atoms with Crippen molar-refractivity contribution in [1.29, 1.82) is 0 Å². The minimum atomic E-state index is -0.484. The van der Waals surface area contributed by atoms with E-state index in [2.05, 4.69) is 30.8 Å². The zero-order chi connectivity index (χ0) is 16.9. The van der Waals surface area contributed by atoms with E-state index in [-0.39, 0.29) is 17.5 Å². The van der Waals surface area contributed by atoms with Gasteiger partial charge in [-0.3, -0.25) is 14.5 Å². The first-order valence-corrected chi connectivity index (χ1v) is 7.33. The quantitative estimate of drug-likeness (QED) is 0.653. The smallest absolute Gasteiger partial charge is 0.274 e. The number of amides is 1. The molecule has 0 radical (unpaired) electrons. The van der Waals surface area contributed by atoms with E-state index in [4.69, 9.17) is 10.3 Å². The maximum Gasteiger partial charge on any atom is 0.274 e. The van der Waals surface area contributed by atoms with E-state index in [0.717, 1.165) is 0 Å². The van der Waals surface area contributed by atoms with E-state index < -0.39 is 6.04 Å². The van der Waals surface area contributed by atoms with Gasteiger partial charge in [0.15, 0.2) is 5.69 Å². The number of pyridine rings is 1. The third kappa shape index (κ3) is 3.43. The average molecular weight is 328 g/mol. The third-order valence-corrected chi connectivity index (χ3v) is 3.18. The van der Waals surface area contributed by atoms with E-state index in [1.54, 1.807) is 25.3 Å². The molecule has 3 aromatic rings. The first kappa shape index (κ1) is 15.7. The van der Waals surface area contributed by atoms with E-state index in [1.165, 1.54) is 10.9 Å². The molecule has 1 atom stereocenters. The Balaban J connectivity index is 1.67. The number of rotatable bonds is 6. The number of hydrogen-bond acceptors (Lipinski definition) is 8. The predicted octanol–water partition coefficient (Wildman–Crippen LogP) is 0.173. The lowest BCUT2D eigenvalue weighted by Crippen LogP contribution is -2.27. The highest BCUT2D eigenvalue weighted by Gasteiger charge is 2.20. The standard InChI is InChI=1S/C14H16N8O2/c1-9(17-13(23)11-8-22(7-5-15)21-19-11)14-18-12(20-24-14)10-4-2-3-6-16-10/h2-4,6,8-9H,5,7,15H2,1H3,(H,17,23). The van der Waals surface area contributed by atoms with E-state index in [1.807, 2.05) is 6.07 Å². The number of carbonyl (C=O) groups excluding carboxylic acids is 1. The fraction of sp³-hybridized carbons (Fsp3) is 0.286. The van der Waals surface area contributed by atoms with Gasteiger partial charge in [-0.2, -0.15) is 4.98 Å². The lowest BCUT2D eigenvalue weighted by Gasteiger charge is -2.07. The van der Waals surface area contributed by atoms with Crippen molar-refractivity contribution in [3.05, 3.63) is 42.2 Å². The molecule has 0 aliphatic heterocycles. The van der Waals surface area contributed by atoms with Gasteiger partial charge in [-0.25, -0.2) is 0 Å². The highest BCUT2D eigenvalue weighted by Crippen LogP contribution is 2.16. The molecule has 0 saturated heterocycles. The molecule has 24 heavy (non-hydrogen) atoms. The molecule has 0 bridgehead atoms. The molecule has 3 aromatic heterocycles. The minimum Gasteiger partial charge on any atom is -0.339 e. The summed E-state index contributed by atoms with van der Waals surface area (Å²) in [5.74, 6) is 0.252. The maximum atomic E-state index is 12.2. The van der Waals surface area contributed by atoms with E-state index in [0.29, 0.717) is 24.6 Å². The van der Waals surface area contributed by atoms with Crippen molar-refractivity contribution in [2.45, 2.75) is 19.5 Å². The zero-order valence-electron chi connectivity index (χ0n) is 13.0. The summed E-state index contributed by atoms with van der Waals surface area (Å²) >= 11 is 0. The van der Waals surface area contributed by atoms with Crippen molar-refractivity contribution in [2.75, 3.05) is 6.54 Å². The van der Waals surface area contributed by atoms with Crippen molar-refractivity contribution < 1.29 is 9.32 Å². The summed E-state index contributed by atoms with van der Waals surface area (Å²) < 4.78 is 6.69. The van der Waals surface area contributed by atoms with Gasteiger partial charge in [-0.1, -0.05) is 16.4 Å². The van der Waals surface area contributed by atoms with Crippen LogP contribution in [-0.4, -0.2) is 42.6 Å². The summed E-state index contributed by atoms with van der Waals surface area (Å²) in [6.07, 6.45) is 3.17. The topological polar surface area (TPSA) is 138 Å². The largest absolute Gasteiger partial charge is 0.339 e. The Morgan fingerprint density at radius 1 is 1.46 bits per heavy atom. The molecule has 124 valence electrons. The molecule has 3 heterocycles. The highest BCUT2D eigenvalue weighted by molar-refractivity contribution is 5.92. The van der Waals surface area contributed by atoms with Crippen molar-refractivity contribution >= 4 is 5.91 Å². The summed E-state index contributed by atoms with van der Waals surface area (Å²) in [7, 11) is 0. The Bertz CT molecular complexity index is 813. The zero-order valence-corrected chi connectivity index (χ0v) is 13.0. The number of carbonyl (C=O) groups is 1. The molecule has 3 N–H and O–H groups in total. The van der Waals surface area contributed by atoms with Crippen LogP contribution in [0.5, 0.6) is 0 Å². The Morgan fingerprint density at radius 3 is 3.08 bits per heavy atom. The van der Waals surface area contributed by atoms with Gasteiger partial charge >= 0.3 is 0 Å². The van der Waals surface area contributed by atoms with Crippen LogP contribution in [0.3, 0.4) is 0 Å². The highest BCUT2D eigenvalue weighted by atomic mass is 16.5. The Morgan fingerprint density at radius 2 is 2.33 bits per heavy atom. The van der Waals surface area contributed by atoms with Gasteiger partial charge in [-0.05, 0) is 19.1 Å².